The van der Waals surface area contributed by atoms with Crippen molar-refractivity contribution in [2.24, 2.45) is 0 Å². The second-order valence-electron chi connectivity index (χ2n) is 4.70. The molecule has 0 aliphatic carbocycles. The lowest BCUT2D eigenvalue weighted by Crippen LogP contribution is -2.26. The molecule has 1 atom stereocenters. The average molecular weight is 302 g/mol. The van der Waals surface area contributed by atoms with Crippen molar-refractivity contribution in [2.75, 3.05) is 23.3 Å². The fourth-order valence-corrected chi connectivity index (χ4v) is 4.05. The monoisotopic (exact) mass is 302 g/mol. The first-order chi connectivity index (χ1) is 9.33. The summed E-state index contributed by atoms with van der Waals surface area (Å²) in [6, 6.07) is 2.30. The van der Waals surface area contributed by atoms with E-state index in [1.54, 1.807) is 0 Å². The molecule has 1 unspecified atom stereocenters. The van der Waals surface area contributed by atoms with Gasteiger partial charge in [0.05, 0.1) is 22.4 Å². The number of nitrogen functional groups attached to an aromatic ring is 1. The third-order valence-corrected chi connectivity index (χ3v) is 5.66. The Balaban J connectivity index is 2.22. The van der Waals surface area contributed by atoms with Gasteiger partial charge in [-0.3, -0.25) is 0 Å². The number of hydrogen-bond acceptors (Lipinski definition) is 5. The lowest BCUT2D eigenvalue weighted by atomic mass is 10.1. The van der Waals surface area contributed by atoms with Gasteiger partial charge in [-0.05, 0) is 25.0 Å². The topological polar surface area (TPSA) is 109 Å². The van der Waals surface area contributed by atoms with Crippen molar-refractivity contribution in [3.8, 4) is 0 Å². The molecule has 0 spiro atoms. The van der Waals surface area contributed by atoms with E-state index < -0.39 is 32.6 Å². The van der Waals surface area contributed by atoms with Crippen molar-refractivity contribution in [2.45, 2.75) is 18.1 Å². The van der Waals surface area contributed by atoms with Crippen LogP contribution in [0.5, 0.6) is 0 Å². The van der Waals surface area contributed by atoms with Crippen molar-refractivity contribution in [3.05, 3.63) is 23.5 Å². The average Bonchev–Trinajstić information content (AvgIpc) is 2.69. The highest BCUT2D eigenvalue weighted by Crippen LogP contribution is 2.26. The third kappa shape index (κ3) is 2.69. The number of carbonyl (C=O) groups is 1. The molecule has 6 nitrogen and oxygen atoms in total. The summed E-state index contributed by atoms with van der Waals surface area (Å²) in [5, 5.41) is 11.3. The van der Waals surface area contributed by atoms with Gasteiger partial charge in [-0.2, -0.15) is 0 Å². The van der Waals surface area contributed by atoms with Crippen LogP contribution in [-0.4, -0.2) is 37.0 Å². The predicted molar refractivity (Wildman–Crippen MR) is 73.1 cm³/mol. The highest BCUT2D eigenvalue weighted by Gasteiger charge is 2.31. The van der Waals surface area contributed by atoms with Crippen LogP contribution in [0.25, 0.3) is 0 Å². The number of hydrogen-bond donors (Lipinski definition) is 3. The van der Waals surface area contributed by atoms with Gasteiger partial charge in [-0.1, -0.05) is 0 Å². The second-order valence-corrected chi connectivity index (χ2v) is 7.10. The summed E-state index contributed by atoms with van der Waals surface area (Å²) < 4.78 is 36.6. The van der Waals surface area contributed by atoms with E-state index in [1.165, 1.54) is 6.07 Å². The molecule has 1 fully saturated rings. The van der Waals surface area contributed by atoms with E-state index in [0.29, 0.717) is 12.8 Å². The largest absolute Gasteiger partial charge is 0.478 e. The third-order valence-electron chi connectivity index (χ3n) is 3.39. The Hall–Kier alpha value is -1.83. The molecule has 0 radical (unpaired) electrons. The van der Waals surface area contributed by atoms with Gasteiger partial charge >= 0.3 is 5.97 Å². The van der Waals surface area contributed by atoms with Crippen LogP contribution in [0.3, 0.4) is 0 Å². The maximum absolute atomic E-state index is 13.3. The summed E-state index contributed by atoms with van der Waals surface area (Å²) in [4.78, 5) is 11.1. The molecule has 20 heavy (non-hydrogen) atoms. The van der Waals surface area contributed by atoms with Crippen molar-refractivity contribution < 1.29 is 22.7 Å². The van der Waals surface area contributed by atoms with E-state index in [1.807, 2.05) is 0 Å². The zero-order valence-electron chi connectivity index (χ0n) is 10.6. The number of sulfone groups is 1. The molecule has 1 saturated heterocycles. The van der Waals surface area contributed by atoms with Crippen molar-refractivity contribution in [3.63, 3.8) is 0 Å². The van der Waals surface area contributed by atoms with Gasteiger partial charge in [0.2, 0.25) is 0 Å². The molecule has 4 N–H and O–H groups in total. The first-order valence-corrected chi connectivity index (χ1v) is 7.81. The highest BCUT2D eigenvalue weighted by atomic mass is 32.2. The zero-order valence-corrected chi connectivity index (χ0v) is 11.4. The number of nitrogens with two attached hydrogens (primary N) is 1. The Labute approximate surface area is 115 Å². The minimum Gasteiger partial charge on any atom is -0.478 e. The normalized spacial score (nSPS) is 20.8. The van der Waals surface area contributed by atoms with Crippen LogP contribution in [0.15, 0.2) is 12.1 Å². The van der Waals surface area contributed by atoms with Gasteiger partial charge in [0.1, 0.15) is 11.4 Å². The van der Waals surface area contributed by atoms with E-state index in [2.05, 4.69) is 5.32 Å². The SMILES string of the molecule is Nc1c(F)ccc(NCC2CCCS2(=O)=O)c1C(=O)O. The minimum atomic E-state index is -3.12. The van der Waals surface area contributed by atoms with Crippen LogP contribution in [0.2, 0.25) is 0 Å². The molecule has 0 saturated carbocycles. The molecule has 1 aromatic carbocycles. The molecule has 1 heterocycles. The Morgan fingerprint density at radius 2 is 2.20 bits per heavy atom. The van der Waals surface area contributed by atoms with Crippen LogP contribution in [0.1, 0.15) is 23.2 Å². The first kappa shape index (κ1) is 14.6. The zero-order chi connectivity index (χ0) is 14.9. The molecule has 0 aromatic heterocycles. The number of anilines is 2. The number of aromatic carboxylic acids is 1. The number of carboxylic acid groups (broad SMARTS) is 1. The highest BCUT2D eigenvalue weighted by molar-refractivity contribution is 7.92. The van der Waals surface area contributed by atoms with Crippen LogP contribution in [0.4, 0.5) is 15.8 Å². The Bertz CT molecular complexity index is 645. The maximum Gasteiger partial charge on any atom is 0.340 e. The van der Waals surface area contributed by atoms with E-state index in [-0.39, 0.29) is 23.5 Å². The lowest BCUT2D eigenvalue weighted by molar-refractivity contribution is 0.0698. The fourth-order valence-electron chi connectivity index (χ4n) is 2.28. The molecule has 0 bridgehead atoms. The Morgan fingerprint density at radius 1 is 1.50 bits per heavy atom. The summed E-state index contributed by atoms with van der Waals surface area (Å²) in [6.07, 6.45) is 1.14. The number of halogens is 1. The Kier molecular flexibility index (Phi) is 3.85. The van der Waals surface area contributed by atoms with Crippen LogP contribution in [-0.2, 0) is 9.84 Å². The van der Waals surface area contributed by atoms with E-state index in [4.69, 9.17) is 10.8 Å². The van der Waals surface area contributed by atoms with Crippen LogP contribution in [0, 0.1) is 5.82 Å². The molecular formula is C12H15FN2O4S. The number of nitrogens with one attached hydrogen (secondary N) is 1. The van der Waals surface area contributed by atoms with Crippen LogP contribution >= 0.6 is 0 Å². The molecular weight excluding hydrogens is 287 g/mol. The fraction of sp³-hybridized carbons (Fsp3) is 0.417. The van der Waals surface area contributed by atoms with Gasteiger partial charge in [-0.15, -0.1) is 0 Å². The number of rotatable bonds is 4. The van der Waals surface area contributed by atoms with Gasteiger partial charge in [0, 0.05) is 6.54 Å². The van der Waals surface area contributed by atoms with Crippen molar-refractivity contribution in [1.29, 1.82) is 0 Å². The molecule has 0 amide bonds. The minimum absolute atomic E-state index is 0.0910. The standard InChI is InChI=1S/C12H15FN2O4S/c13-8-3-4-9(10(11(8)14)12(16)17)15-6-7-2-1-5-20(7,18)19/h3-4,7,15H,1-2,5-6,14H2,(H,16,17). The summed E-state index contributed by atoms with van der Waals surface area (Å²) in [5.74, 6) is -2.03. The van der Waals surface area contributed by atoms with Gasteiger partial charge in [-0.25, -0.2) is 17.6 Å². The van der Waals surface area contributed by atoms with Crippen molar-refractivity contribution >= 4 is 27.2 Å². The quantitative estimate of drug-likeness (QED) is 0.718. The number of benzene rings is 1. The maximum atomic E-state index is 13.3. The molecule has 8 heteroatoms. The van der Waals surface area contributed by atoms with Gasteiger partial charge in [0.25, 0.3) is 0 Å². The summed E-state index contributed by atoms with van der Waals surface area (Å²) in [7, 11) is -3.12. The summed E-state index contributed by atoms with van der Waals surface area (Å²) in [5.41, 5.74) is 4.69. The van der Waals surface area contributed by atoms with Crippen molar-refractivity contribution in [1.82, 2.24) is 0 Å². The summed E-state index contributed by atoms with van der Waals surface area (Å²) >= 11 is 0. The van der Waals surface area contributed by atoms with Gasteiger partial charge < -0.3 is 16.2 Å². The smallest absolute Gasteiger partial charge is 0.340 e. The number of carboxylic acids is 1. The molecule has 2 rings (SSSR count). The van der Waals surface area contributed by atoms with Gasteiger partial charge in [0.15, 0.2) is 9.84 Å². The van der Waals surface area contributed by atoms with Crippen LogP contribution < -0.4 is 11.1 Å². The molecule has 1 aliphatic heterocycles. The first-order valence-electron chi connectivity index (χ1n) is 6.09. The second kappa shape index (κ2) is 5.28. The molecule has 1 aromatic rings. The van der Waals surface area contributed by atoms with E-state index in [9.17, 15) is 17.6 Å². The lowest BCUT2D eigenvalue weighted by Gasteiger charge is -2.15. The summed E-state index contributed by atoms with van der Waals surface area (Å²) in [6.45, 7) is 0.0910. The van der Waals surface area contributed by atoms with E-state index >= 15 is 0 Å². The Morgan fingerprint density at radius 3 is 2.75 bits per heavy atom. The van der Waals surface area contributed by atoms with E-state index in [0.717, 1.165) is 6.07 Å². The molecule has 1 aliphatic rings. The molecule has 110 valence electrons. The predicted octanol–water partition coefficient (Wildman–Crippen LogP) is 1.10.